The molecular weight excluding hydrogens is 356 g/mol. The Hall–Kier alpha value is -1.62. The molecule has 0 unspecified atom stereocenters. The van der Waals surface area contributed by atoms with E-state index < -0.39 is 10.0 Å². The first kappa shape index (κ1) is 17.7. The van der Waals surface area contributed by atoms with Crippen LogP contribution in [0.4, 0.5) is 5.13 Å². The molecule has 0 aliphatic heterocycles. The fraction of sp³-hybridized carbons (Fsp3) is 0.308. The fourth-order valence-corrected chi connectivity index (χ4v) is 4.19. The Morgan fingerprint density at radius 2 is 1.91 bits per heavy atom. The van der Waals surface area contributed by atoms with Crippen LogP contribution in [0.5, 0.6) is 0 Å². The lowest BCUT2D eigenvalue weighted by Gasteiger charge is -2.18. The summed E-state index contributed by atoms with van der Waals surface area (Å²) < 4.78 is 26.6. The van der Waals surface area contributed by atoms with Crippen LogP contribution in [0.25, 0.3) is 0 Å². The molecule has 0 saturated carbocycles. The Balaban J connectivity index is 2.19. The van der Waals surface area contributed by atoms with Gasteiger partial charge >= 0.3 is 0 Å². The van der Waals surface area contributed by atoms with Gasteiger partial charge in [0.25, 0.3) is 5.91 Å². The van der Waals surface area contributed by atoms with E-state index in [-0.39, 0.29) is 10.8 Å². The van der Waals surface area contributed by atoms with Crippen molar-refractivity contribution < 1.29 is 13.2 Å². The van der Waals surface area contributed by atoms with E-state index in [1.54, 1.807) is 13.8 Å². The zero-order valence-electron chi connectivity index (χ0n) is 12.6. The van der Waals surface area contributed by atoms with E-state index >= 15 is 0 Å². The number of sulfonamides is 1. The van der Waals surface area contributed by atoms with Crippen LogP contribution in [0, 0.1) is 3.95 Å². The highest BCUT2D eigenvalue weighted by Crippen LogP contribution is 2.17. The van der Waals surface area contributed by atoms with Crippen LogP contribution in [-0.2, 0) is 10.0 Å². The maximum absolute atomic E-state index is 12.4. The van der Waals surface area contributed by atoms with Gasteiger partial charge in [-0.2, -0.15) is 4.31 Å². The number of H-pyrrole nitrogens is 1. The van der Waals surface area contributed by atoms with E-state index in [0.29, 0.717) is 27.7 Å². The van der Waals surface area contributed by atoms with E-state index in [1.807, 2.05) is 0 Å². The summed E-state index contributed by atoms with van der Waals surface area (Å²) in [6.07, 6.45) is 0. The van der Waals surface area contributed by atoms with Gasteiger partial charge < -0.3 is 0 Å². The lowest BCUT2D eigenvalue weighted by Crippen LogP contribution is -2.30. The molecule has 1 aromatic carbocycles. The highest BCUT2D eigenvalue weighted by Gasteiger charge is 2.21. The molecule has 0 atom stereocenters. The summed E-state index contributed by atoms with van der Waals surface area (Å²) in [7, 11) is -3.53. The van der Waals surface area contributed by atoms with Crippen molar-refractivity contribution in [2.24, 2.45) is 0 Å². The maximum Gasteiger partial charge on any atom is 0.257 e. The summed E-state index contributed by atoms with van der Waals surface area (Å²) in [5.74, 6) is -0.380. The number of hydrogen-bond donors (Lipinski definition) is 2. The molecule has 0 aliphatic carbocycles. The first-order valence-electron chi connectivity index (χ1n) is 6.85. The number of anilines is 1. The lowest BCUT2D eigenvalue weighted by molar-refractivity contribution is 0.102. The molecule has 1 heterocycles. The van der Waals surface area contributed by atoms with Crippen LogP contribution >= 0.6 is 23.6 Å². The average molecular weight is 372 g/mol. The van der Waals surface area contributed by atoms with Gasteiger partial charge in [-0.1, -0.05) is 25.2 Å². The van der Waals surface area contributed by atoms with Gasteiger partial charge in [0, 0.05) is 18.7 Å². The number of hydrogen-bond acceptors (Lipinski definition) is 6. The van der Waals surface area contributed by atoms with Gasteiger partial charge in [-0.25, -0.2) is 8.42 Å². The third-order valence-corrected chi connectivity index (χ3v) is 6.19. The highest BCUT2D eigenvalue weighted by atomic mass is 32.2. The Bertz CT molecular complexity index is 836. The number of aromatic amines is 1. The van der Waals surface area contributed by atoms with Crippen molar-refractivity contribution in [3.8, 4) is 0 Å². The highest BCUT2D eigenvalue weighted by molar-refractivity contribution is 7.89. The summed E-state index contributed by atoms with van der Waals surface area (Å²) in [6, 6.07) is 5.79. The monoisotopic (exact) mass is 372 g/mol. The van der Waals surface area contributed by atoms with Crippen LogP contribution in [0.15, 0.2) is 29.2 Å². The molecule has 2 N–H and O–H groups in total. The Kier molecular flexibility index (Phi) is 5.63. The van der Waals surface area contributed by atoms with Crippen molar-refractivity contribution in [3.05, 3.63) is 33.8 Å². The largest absolute Gasteiger partial charge is 0.296 e. The number of benzene rings is 1. The van der Waals surface area contributed by atoms with Crippen molar-refractivity contribution in [1.29, 1.82) is 0 Å². The molecule has 0 bridgehead atoms. The maximum atomic E-state index is 12.4. The number of amides is 1. The van der Waals surface area contributed by atoms with Gasteiger partial charge in [-0.3, -0.25) is 15.2 Å². The van der Waals surface area contributed by atoms with E-state index in [2.05, 4.69) is 15.5 Å². The van der Waals surface area contributed by atoms with Gasteiger partial charge in [-0.05, 0) is 36.5 Å². The molecule has 0 aliphatic rings. The zero-order chi connectivity index (χ0) is 17.0. The summed E-state index contributed by atoms with van der Waals surface area (Å²) in [5, 5.41) is 9.36. The number of rotatable bonds is 6. The molecular formula is C13H16N4O3S3. The molecule has 2 rings (SSSR count). The van der Waals surface area contributed by atoms with Crippen molar-refractivity contribution in [3.63, 3.8) is 0 Å². The number of aromatic nitrogens is 2. The fourth-order valence-electron chi connectivity index (χ4n) is 1.94. The Morgan fingerprint density at radius 1 is 1.30 bits per heavy atom. The number of nitrogens with zero attached hydrogens (tertiary/aromatic N) is 2. The Morgan fingerprint density at radius 3 is 2.39 bits per heavy atom. The van der Waals surface area contributed by atoms with Crippen molar-refractivity contribution in [2.45, 2.75) is 18.7 Å². The van der Waals surface area contributed by atoms with Gasteiger partial charge in [0.15, 0.2) is 3.95 Å². The number of carbonyl (C=O) groups is 1. The van der Waals surface area contributed by atoms with E-state index in [4.69, 9.17) is 12.2 Å². The van der Waals surface area contributed by atoms with Crippen molar-refractivity contribution in [2.75, 3.05) is 18.4 Å². The lowest BCUT2D eigenvalue weighted by atomic mass is 10.2. The van der Waals surface area contributed by atoms with Crippen molar-refractivity contribution >= 4 is 44.6 Å². The van der Waals surface area contributed by atoms with Crippen LogP contribution in [0.1, 0.15) is 24.2 Å². The minimum atomic E-state index is -3.53. The second kappa shape index (κ2) is 7.30. The topological polar surface area (TPSA) is 95.2 Å². The molecule has 0 radical (unpaired) electrons. The SMILES string of the molecule is CCN(CC)S(=O)(=O)c1ccc(C(=O)Nc2n[nH]c(=S)s2)cc1. The summed E-state index contributed by atoms with van der Waals surface area (Å²) in [4.78, 5) is 12.2. The third-order valence-electron chi connectivity index (χ3n) is 3.12. The molecule has 1 aromatic heterocycles. The molecule has 0 saturated heterocycles. The minimum absolute atomic E-state index is 0.160. The predicted molar refractivity (Wildman–Crippen MR) is 91.8 cm³/mol. The van der Waals surface area contributed by atoms with Crippen molar-refractivity contribution in [1.82, 2.24) is 14.5 Å². The van der Waals surface area contributed by atoms with Crippen LogP contribution in [0.3, 0.4) is 0 Å². The van der Waals surface area contributed by atoms with E-state index in [0.717, 1.165) is 11.3 Å². The van der Waals surface area contributed by atoms with Gasteiger partial charge in [0.1, 0.15) is 0 Å². The first-order chi connectivity index (χ1) is 10.9. The Labute approximate surface area is 143 Å². The summed E-state index contributed by atoms with van der Waals surface area (Å²) in [5.41, 5.74) is 0.338. The normalized spacial score (nSPS) is 11.6. The quantitative estimate of drug-likeness (QED) is 0.760. The summed E-state index contributed by atoms with van der Waals surface area (Å²) in [6.45, 7) is 4.35. The molecule has 0 fully saturated rings. The second-order valence-corrected chi connectivity index (χ2v) is 8.09. The molecule has 7 nitrogen and oxygen atoms in total. The standard InChI is InChI=1S/C13H16N4O3S3/c1-3-17(4-2)23(19,20)10-7-5-9(6-8-10)11(18)14-12-15-16-13(21)22-12/h5-8H,3-4H2,1-2H3,(H,16,21)(H,14,15,18). The minimum Gasteiger partial charge on any atom is -0.296 e. The molecule has 23 heavy (non-hydrogen) atoms. The molecule has 1 amide bonds. The smallest absolute Gasteiger partial charge is 0.257 e. The summed E-state index contributed by atoms with van der Waals surface area (Å²) >= 11 is 6.03. The zero-order valence-corrected chi connectivity index (χ0v) is 15.0. The van der Waals surface area contributed by atoms with E-state index in [1.165, 1.54) is 28.6 Å². The third kappa shape index (κ3) is 4.02. The van der Waals surface area contributed by atoms with Gasteiger partial charge in [-0.15, -0.1) is 5.10 Å². The molecule has 10 heteroatoms. The number of nitrogens with one attached hydrogen (secondary N) is 2. The van der Waals surface area contributed by atoms with Crippen LogP contribution in [-0.4, -0.2) is 41.9 Å². The number of carbonyl (C=O) groups excluding carboxylic acids is 1. The second-order valence-electron chi connectivity index (χ2n) is 4.49. The average Bonchev–Trinajstić information content (AvgIpc) is 2.93. The molecule has 2 aromatic rings. The predicted octanol–water partition coefficient (Wildman–Crippen LogP) is 2.48. The van der Waals surface area contributed by atoms with Crippen LogP contribution in [0.2, 0.25) is 0 Å². The first-order valence-corrected chi connectivity index (χ1v) is 9.52. The molecule has 124 valence electrons. The molecule has 0 spiro atoms. The van der Waals surface area contributed by atoms with Gasteiger partial charge in [0.05, 0.1) is 4.90 Å². The van der Waals surface area contributed by atoms with E-state index in [9.17, 15) is 13.2 Å². The van der Waals surface area contributed by atoms with Gasteiger partial charge in [0.2, 0.25) is 15.2 Å². The van der Waals surface area contributed by atoms with Crippen LogP contribution < -0.4 is 5.32 Å².